The summed E-state index contributed by atoms with van der Waals surface area (Å²) < 4.78 is 2.23. The number of rotatable bonds is 3. The highest BCUT2D eigenvalue weighted by atomic mass is 32.1. The van der Waals surface area contributed by atoms with E-state index in [1.165, 1.54) is 25.9 Å². The molecule has 2 aromatic rings. The first-order chi connectivity index (χ1) is 11.7. The molecule has 0 N–H and O–H groups in total. The van der Waals surface area contributed by atoms with Crippen molar-refractivity contribution in [2.24, 2.45) is 5.92 Å². The minimum absolute atomic E-state index is 0.158. The van der Waals surface area contributed by atoms with Crippen LogP contribution >= 0.6 is 11.3 Å². The van der Waals surface area contributed by atoms with Crippen LogP contribution in [0.4, 0.5) is 0 Å². The molecule has 2 aliphatic rings. The van der Waals surface area contributed by atoms with Crippen LogP contribution < -0.4 is 0 Å². The van der Waals surface area contributed by atoms with E-state index in [1.54, 1.807) is 11.3 Å². The Morgan fingerprint density at radius 3 is 2.92 bits per heavy atom. The third kappa shape index (κ3) is 3.13. The fraction of sp³-hybridized carbons (Fsp3) is 0.556. The molecule has 4 heterocycles. The fourth-order valence-corrected chi connectivity index (χ4v) is 4.77. The van der Waals surface area contributed by atoms with Crippen molar-refractivity contribution in [3.05, 3.63) is 40.1 Å². The van der Waals surface area contributed by atoms with Gasteiger partial charge in [0.2, 0.25) is 0 Å². The van der Waals surface area contributed by atoms with E-state index in [1.807, 2.05) is 29.5 Å². The molecule has 1 fully saturated rings. The van der Waals surface area contributed by atoms with Crippen molar-refractivity contribution >= 4 is 17.2 Å². The van der Waals surface area contributed by atoms with Crippen LogP contribution in [0, 0.1) is 12.8 Å². The Morgan fingerprint density at radius 1 is 1.33 bits per heavy atom. The Balaban J connectivity index is 1.57. The molecule has 0 bridgehead atoms. The van der Waals surface area contributed by atoms with Crippen LogP contribution in [0.3, 0.4) is 0 Å². The van der Waals surface area contributed by atoms with E-state index < -0.39 is 0 Å². The molecule has 2 aliphatic heterocycles. The number of fused-ring (bicyclic) bond motifs is 1. The summed E-state index contributed by atoms with van der Waals surface area (Å²) in [5, 5.41) is 2.00. The maximum atomic E-state index is 13.0. The van der Waals surface area contributed by atoms with Gasteiger partial charge in [0.25, 0.3) is 5.91 Å². The predicted octanol–water partition coefficient (Wildman–Crippen LogP) is 2.62. The second-order valence-electron chi connectivity index (χ2n) is 6.99. The third-order valence-corrected chi connectivity index (χ3v) is 6.13. The van der Waals surface area contributed by atoms with Gasteiger partial charge in [-0.3, -0.25) is 4.79 Å². The summed E-state index contributed by atoms with van der Waals surface area (Å²) in [5.41, 5.74) is 1.08. The minimum Gasteiger partial charge on any atom is -0.333 e. The van der Waals surface area contributed by atoms with Crippen LogP contribution in [0.5, 0.6) is 0 Å². The predicted molar refractivity (Wildman–Crippen MR) is 95.2 cm³/mol. The average molecular weight is 344 g/mol. The molecule has 0 radical (unpaired) electrons. The normalized spacial score (nSPS) is 21.7. The van der Waals surface area contributed by atoms with E-state index in [-0.39, 0.29) is 5.91 Å². The zero-order valence-electron chi connectivity index (χ0n) is 14.1. The Labute approximate surface area is 146 Å². The second kappa shape index (κ2) is 6.69. The average Bonchev–Trinajstić information content (AvgIpc) is 3.28. The highest BCUT2D eigenvalue weighted by Gasteiger charge is 2.29. The number of hydrogen-bond donors (Lipinski definition) is 0. The van der Waals surface area contributed by atoms with Gasteiger partial charge in [0.15, 0.2) is 0 Å². The Morgan fingerprint density at radius 2 is 2.17 bits per heavy atom. The van der Waals surface area contributed by atoms with E-state index in [0.717, 1.165) is 35.9 Å². The number of carbonyl (C=O) groups is 1. The molecule has 1 amide bonds. The lowest BCUT2D eigenvalue weighted by Crippen LogP contribution is -2.38. The molecule has 0 aliphatic carbocycles. The zero-order valence-corrected chi connectivity index (χ0v) is 15.0. The quantitative estimate of drug-likeness (QED) is 0.859. The number of thiophene rings is 1. The summed E-state index contributed by atoms with van der Waals surface area (Å²) in [5.74, 6) is 1.62. The van der Waals surface area contributed by atoms with Gasteiger partial charge in [0.05, 0.1) is 11.4 Å². The molecule has 6 heteroatoms. The molecule has 128 valence electrons. The number of aromatic nitrogens is 2. The standard InChI is InChI=1S/C18H24N4OS/c1-14-4-9-24-17(14)18(23)22-12-15(10-20-6-2-3-7-20)11-21-8-5-19-16(21)13-22/h4-5,8-9,15H,2-3,6-7,10-13H2,1H3. The number of aryl methyl sites for hydroxylation is 1. The number of hydrogen-bond acceptors (Lipinski definition) is 4. The first kappa shape index (κ1) is 15.8. The number of carbonyl (C=O) groups excluding carboxylic acids is 1. The first-order valence-electron chi connectivity index (χ1n) is 8.76. The number of imidazole rings is 1. The van der Waals surface area contributed by atoms with Crippen molar-refractivity contribution in [1.82, 2.24) is 19.4 Å². The van der Waals surface area contributed by atoms with Gasteiger partial charge in [-0.15, -0.1) is 11.3 Å². The summed E-state index contributed by atoms with van der Waals surface area (Å²) in [6.07, 6.45) is 6.52. The molecule has 1 saturated heterocycles. The van der Waals surface area contributed by atoms with Crippen molar-refractivity contribution in [2.45, 2.75) is 32.9 Å². The van der Waals surface area contributed by atoms with Crippen LogP contribution in [-0.4, -0.2) is 51.4 Å². The Hall–Kier alpha value is -1.66. The Kier molecular flexibility index (Phi) is 4.41. The molecule has 0 aromatic carbocycles. The molecule has 5 nitrogen and oxygen atoms in total. The lowest BCUT2D eigenvalue weighted by Gasteiger charge is -2.27. The highest BCUT2D eigenvalue weighted by molar-refractivity contribution is 7.12. The van der Waals surface area contributed by atoms with Crippen LogP contribution in [0.1, 0.15) is 33.9 Å². The molecule has 0 spiro atoms. The maximum Gasteiger partial charge on any atom is 0.264 e. The lowest BCUT2D eigenvalue weighted by molar-refractivity contribution is 0.0711. The SMILES string of the molecule is Cc1ccsc1C(=O)N1Cc2nccn2CC(CN2CCCC2)C1. The summed E-state index contributed by atoms with van der Waals surface area (Å²) in [7, 11) is 0. The van der Waals surface area contributed by atoms with E-state index in [9.17, 15) is 4.79 Å². The number of amides is 1. The zero-order chi connectivity index (χ0) is 16.5. The Bertz CT molecular complexity index is 716. The van der Waals surface area contributed by atoms with Gasteiger partial charge in [-0.2, -0.15) is 0 Å². The summed E-state index contributed by atoms with van der Waals surface area (Å²) in [4.78, 5) is 22.9. The van der Waals surface area contributed by atoms with E-state index in [2.05, 4.69) is 20.6 Å². The van der Waals surface area contributed by atoms with Crippen molar-refractivity contribution in [3.63, 3.8) is 0 Å². The number of nitrogens with zero attached hydrogens (tertiary/aromatic N) is 4. The van der Waals surface area contributed by atoms with Gasteiger partial charge in [0, 0.05) is 37.9 Å². The van der Waals surface area contributed by atoms with E-state index in [4.69, 9.17) is 0 Å². The van der Waals surface area contributed by atoms with Crippen LogP contribution in [-0.2, 0) is 13.1 Å². The fourth-order valence-electron chi connectivity index (χ4n) is 3.88. The summed E-state index contributed by atoms with van der Waals surface area (Å²) in [6.45, 7) is 7.88. The lowest BCUT2D eigenvalue weighted by atomic mass is 10.1. The summed E-state index contributed by atoms with van der Waals surface area (Å²) in [6, 6.07) is 2.03. The van der Waals surface area contributed by atoms with E-state index >= 15 is 0 Å². The summed E-state index contributed by atoms with van der Waals surface area (Å²) >= 11 is 1.55. The van der Waals surface area contributed by atoms with E-state index in [0.29, 0.717) is 12.5 Å². The largest absolute Gasteiger partial charge is 0.333 e. The molecule has 1 unspecified atom stereocenters. The van der Waals surface area contributed by atoms with Gasteiger partial charge in [-0.25, -0.2) is 4.98 Å². The van der Waals surface area contributed by atoms with Gasteiger partial charge in [0.1, 0.15) is 5.82 Å². The molecule has 4 rings (SSSR count). The first-order valence-corrected chi connectivity index (χ1v) is 9.64. The molecule has 1 atom stereocenters. The smallest absolute Gasteiger partial charge is 0.264 e. The van der Waals surface area contributed by atoms with Crippen molar-refractivity contribution in [3.8, 4) is 0 Å². The van der Waals surface area contributed by atoms with Gasteiger partial charge in [-0.05, 0) is 49.9 Å². The minimum atomic E-state index is 0.158. The second-order valence-corrected chi connectivity index (χ2v) is 7.90. The van der Waals surface area contributed by atoms with Crippen molar-refractivity contribution in [1.29, 1.82) is 0 Å². The van der Waals surface area contributed by atoms with Crippen LogP contribution in [0.15, 0.2) is 23.8 Å². The van der Waals surface area contributed by atoms with Crippen molar-refractivity contribution in [2.75, 3.05) is 26.2 Å². The molecule has 2 aromatic heterocycles. The molecule has 24 heavy (non-hydrogen) atoms. The van der Waals surface area contributed by atoms with Crippen LogP contribution in [0.25, 0.3) is 0 Å². The van der Waals surface area contributed by atoms with Gasteiger partial charge >= 0.3 is 0 Å². The maximum absolute atomic E-state index is 13.0. The number of likely N-dealkylation sites (tertiary alicyclic amines) is 1. The van der Waals surface area contributed by atoms with Gasteiger partial charge < -0.3 is 14.4 Å². The van der Waals surface area contributed by atoms with Crippen LogP contribution in [0.2, 0.25) is 0 Å². The molecular formula is C18H24N4OS. The van der Waals surface area contributed by atoms with Crippen molar-refractivity contribution < 1.29 is 4.79 Å². The highest BCUT2D eigenvalue weighted by Crippen LogP contribution is 2.23. The molecular weight excluding hydrogens is 320 g/mol. The molecule has 0 saturated carbocycles. The third-order valence-electron chi connectivity index (χ3n) is 5.13. The topological polar surface area (TPSA) is 41.4 Å². The van der Waals surface area contributed by atoms with Gasteiger partial charge in [-0.1, -0.05) is 0 Å². The monoisotopic (exact) mass is 344 g/mol.